The van der Waals surface area contributed by atoms with Crippen LogP contribution in [0.5, 0.6) is 0 Å². The SMILES string of the molecule is CN=C(NCCc1cccc(C(=O)NC)c1)N1CCN(C2CC3CCC2C3)CC1. The molecular weight excluding hydrogens is 362 g/mol. The van der Waals surface area contributed by atoms with Gasteiger partial charge in [-0.3, -0.25) is 14.7 Å². The number of amides is 1. The Hall–Kier alpha value is -2.08. The van der Waals surface area contributed by atoms with Crippen LogP contribution < -0.4 is 10.6 Å². The summed E-state index contributed by atoms with van der Waals surface area (Å²) in [4.78, 5) is 21.5. The van der Waals surface area contributed by atoms with Crippen LogP contribution in [0.1, 0.15) is 41.6 Å². The Labute approximate surface area is 174 Å². The Kier molecular flexibility index (Phi) is 6.38. The second kappa shape index (κ2) is 9.16. The topological polar surface area (TPSA) is 60.0 Å². The van der Waals surface area contributed by atoms with Gasteiger partial charge in [0.05, 0.1) is 0 Å². The monoisotopic (exact) mass is 397 g/mol. The second-order valence-electron chi connectivity index (χ2n) is 8.77. The molecule has 2 N–H and O–H groups in total. The molecule has 0 spiro atoms. The normalized spacial score (nSPS) is 27.3. The first-order valence-corrected chi connectivity index (χ1v) is 11.2. The summed E-state index contributed by atoms with van der Waals surface area (Å²) in [6.45, 7) is 5.24. The van der Waals surface area contributed by atoms with E-state index in [1.54, 1.807) is 7.05 Å². The van der Waals surface area contributed by atoms with Crippen molar-refractivity contribution in [3.8, 4) is 0 Å². The minimum Gasteiger partial charge on any atom is -0.356 e. The Morgan fingerprint density at radius 3 is 2.66 bits per heavy atom. The van der Waals surface area contributed by atoms with Gasteiger partial charge >= 0.3 is 0 Å². The molecule has 3 aliphatic rings. The zero-order valence-electron chi connectivity index (χ0n) is 17.9. The van der Waals surface area contributed by atoms with E-state index >= 15 is 0 Å². The molecule has 0 radical (unpaired) electrons. The summed E-state index contributed by atoms with van der Waals surface area (Å²) < 4.78 is 0. The number of piperazine rings is 1. The maximum Gasteiger partial charge on any atom is 0.251 e. The predicted octanol–water partition coefficient (Wildman–Crippen LogP) is 1.97. The molecule has 2 bridgehead atoms. The lowest BCUT2D eigenvalue weighted by Crippen LogP contribution is -2.55. The van der Waals surface area contributed by atoms with Gasteiger partial charge in [-0.15, -0.1) is 0 Å². The molecule has 3 atom stereocenters. The van der Waals surface area contributed by atoms with E-state index < -0.39 is 0 Å². The van der Waals surface area contributed by atoms with Gasteiger partial charge in [-0.1, -0.05) is 18.6 Å². The molecule has 1 aromatic rings. The Morgan fingerprint density at radius 2 is 2.00 bits per heavy atom. The van der Waals surface area contributed by atoms with Crippen molar-refractivity contribution in [2.75, 3.05) is 46.8 Å². The minimum atomic E-state index is -0.0380. The molecule has 6 heteroatoms. The number of hydrogen-bond donors (Lipinski definition) is 2. The molecule has 158 valence electrons. The van der Waals surface area contributed by atoms with Crippen LogP contribution in [-0.4, -0.2) is 74.5 Å². The van der Waals surface area contributed by atoms with E-state index in [1.807, 2.05) is 25.2 Å². The molecule has 1 saturated heterocycles. The fourth-order valence-corrected chi connectivity index (χ4v) is 5.59. The number of fused-ring (bicyclic) bond motifs is 2. The van der Waals surface area contributed by atoms with Gasteiger partial charge in [0, 0.05) is 58.4 Å². The third kappa shape index (κ3) is 4.58. The van der Waals surface area contributed by atoms with Gasteiger partial charge in [-0.2, -0.15) is 0 Å². The first-order chi connectivity index (χ1) is 14.2. The lowest BCUT2D eigenvalue weighted by molar-refractivity contribution is 0.0959. The molecule has 6 nitrogen and oxygen atoms in total. The number of carbonyl (C=O) groups is 1. The minimum absolute atomic E-state index is 0.0380. The summed E-state index contributed by atoms with van der Waals surface area (Å²) in [5.41, 5.74) is 1.88. The van der Waals surface area contributed by atoms with E-state index in [9.17, 15) is 4.79 Å². The Bertz CT molecular complexity index is 741. The van der Waals surface area contributed by atoms with Crippen LogP contribution in [0.2, 0.25) is 0 Å². The molecule has 2 aliphatic carbocycles. The van der Waals surface area contributed by atoms with Crippen LogP contribution in [0.15, 0.2) is 29.3 Å². The highest BCUT2D eigenvalue weighted by Gasteiger charge is 2.42. The highest BCUT2D eigenvalue weighted by molar-refractivity contribution is 5.94. The number of carbonyl (C=O) groups excluding carboxylic acids is 1. The quantitative estimate of drug-likeness (QED) is 0.589. The van der Waals surface area contributed by atoms with Crippen molar-refractivity contribution in [2.45, 2.75) is 38.1 Å². The molecule has 3 fully saturated rings. The number of rotatable bonds is 5. The van der Waals surface area contributed by atoms with E-state index in [0.29, 0.717) is 5.56 Å². The fourth-order valence-electron chi connectivity index (χ4n) is 5.59. The first kappa shape index (κ1) is 20.2. The van der Waals surface area contributed by atoms with Crippen molar-refractivity contribution in [2.24, 2.45) is 16.8 Å². The van der Waals surface area contributed by atoms with Crippen LogP contribution in [0.25, 0.3) is 0 Å². The molecule has 1 amide bonds. The van der Waals surface area contributed by atoms with Gasteiger partial charge < -0.3 is 15.5 Å². The number of aliphatic imine (C=N–C) groups is 1. The molecule has 4 rings (SSSR count). The van der Waals surface area contributed by atoms with E-state index in [4.69, 9.17) is 0 Å². The zero-order valence-corrected chi connectivity index (χ0v) is 17.9. The van der Waals surface area contributed by atoms with Crippen LogP contribution in [0.4, 0.5) is 0 Å². The van der Waals surface area contributed by atoms with E-state index in [0.717, 1.165) is 68.5 Å². The van der Waals surface area contributed by atoms with E-state index in [2.05, 4.69) is 31.5 Å². The van der Waals surface area contributed by atoms with Crippen molar-refractivity contribution < 1.29 is 4.79 Å². The molecule has 29 heavy (non-hydrogen) atoms. The van der Waals surface area contributed by atoms with Gasteiger partial charge in [-0.25, -0.2) is 0 Å². The van der Waals surface area contributed by atoms with Crippen molar-refractivity contribution in [3.63, 3.8) is 0 Å². The van der Waals surface area contributed by atoms with E-state index in [1.165, 1.54) is 25.7 Å². The number of nitrogens with zero attached hydrogens (tertiary/aromatic N) is 3. The van der Waals surface area contributed by atoms with Crippen LogP contribution >= 0.6 is 0 Å². The third-order valence-electron chi connectivity index (χ3n) is 7.11. The average Bonchev–Trinajstić information content (AvgIpc) is 3.40. The standard InChI is InChI=1S/C23H35N5O/c1-24-22(29)20-5-3-4-17(14-20)8-9-26-23(25-2)28-12-10-27(11-13-28)21-16-18-6-7-19(21)15-18/h3-5,14,18-19,21H,6-13,15-16H2,1-2H3,(H,24,29)(H,25,26). The molecule has 2 saturated carbocycles. The third-order valence-corrected chi connectivity index (χ3v) is 7.11. The van der Waals surface area contributed by atoms with Crippen LogP contribution in [0, 0.1) is 11.8 Å². The molecule has 3 unspecified atom stereocenters. The molecule has 1 heterocycles. The number of hydrogen-bond acceptors (Lipinski definition) is 3. The van der Waals surface area contributed by atoms with Crippen molar-refractivity contribution >= 4 is 11.9 Å². The summed E-state index contributed by atoms with van der Waals surface area (Å²) in [5, 5.41) is 6.20. The maximum atomic E-state index is 11.8. The molecular formula is C23H35N5O. The van der Waals surface area contributed by atoms with Crippen molar-refractivity contribution in [3.05, 3.63) is 35.4 Å². The van der Waals surface area contributed by atoms with Gasteiger partial charge in [0.1, 0.15) is 0 Å². The predicted molar refractivity (Wildman–Crippen MR) is 117 cm³/mol. The van der Waals surface area contributed by atoms with Crippen molar-refractivity contribution in [1.29, 1.82) is 0 Å². The second-order valence-corrected chi connectivity index (χ2v) is 8.77. The Balaban J connectivity index is 1.24. The molecule has 1 aliphatic heterocycles. The lowest BCUT2D eigenvalue weighted by Gasteiger charge is -2.42. The van der Waals surface area contributed by atoms with Gasteiger partial charge in [-0.05, 0) is 55.2 Å². The molecule has 1 aromatic carbocycles. The summed E-state index contributed by atoms with van der Waals surface area (Å²) in [7, 11) is 3.54. The van der Waals surface area contributed by atoms with E-state index in [-0.39, 0.29) is 5.91 Å². The smallest absolute Gasteiger partial charge is 0.251 e. The van der Waals surface area contributed by atoms with Crippen LogP contribution in [-0.2, 0) is 6.42 Å². The van der Waals surface area contributed by atoms with Gasteiger partial charge in [0.15, 0.2) is 5.96 Å². The van der Waals surface area contributed by atoms with Gasteiger partial charge in [0.25, 0.3) is 5.91 Å². The van der Waals surface area contributed by atoms with Crippen LogP contribution in [0.3, 0.4) is 0 Å². The summed E-state index contributed by atoms with van der Waals surface area (Å²) in [5.74, 6) is 2.94. The number of guanidine groups is 1. The summed E-state index contributed by atoms with van der Waals surface area (Å²) in [6.07, 6.45) is 6.72. The number of benzene rings is 1. The highest BCUT2D eigenvalue weighted by atomic mass is 16.1. The lowest BCUT2D eigenvalue weighted by atomic mass is 9.93. The fraction of sp³-hybridized carbons (Fsp3) is 0.652. The highest BCUT2D eigenvalue weighted by Crippen LogP contribution is 2.46. The average molecular weight is 398 g/mol. The Morgan fingerprint density at radius 1 is 1.17 bits per heavy atom. The van der Waals surface area contributed by atoms with Gasteiger partial charge in [0.2, 0.25) is 0 Å². The largest absolute Gasteiger partial charge is 0.356 e. The first-order valence-electron chi connectivity index (χ1n) is 11.2. The summed E-state index contributed by atoms with van der Waals surface area (Å²) >= 11 is 0. The zero-order chi connectivity index (χ0) is 20.2. The van der Waals surface area contributed by atoms with Crippen molar-refractivity contribution in [1.82, 2.24) is 20.4 Å². The molecule has 0 aromatic heterocycles. The summed E-state index contributed by atoms with van der Waals surface area (Å²) in [6, 6.07) is 8.69. The number of nitrogens with one attached hydrogen (secondary N) is 2. The maximum absolute atomic E-state index is 11.8.